The Bertz CT molecular complexity index is 1350. The molecule has 2 aliphatic carbocycles. The minimum Gasteiger partial charge on any atom is -0.362 e. The molecular weight excluding hydrogens is 656 g/mol. The summed E-state index contributed by atoms with van der Waals surface area (Å²) in [6, 6.07) is -4.07. The highest BCUT2D eigenvalue weighted by molar-refractivity contribution is 6.38. The van der Waals surface area contributed by atoms with Crippen LogP contribution >= 0.6 is 0 Å². The Kier molecular flexibility index (Phi) is 13.1. The second-order valence-electron chi connectivity index (χ2n) is 16.3. The van der Waals surface area contributed by atoms with Crippen molar-refractivity contribution in [3.63, 3.8) is 0 Å². The summed E-state index contributed by atoms with van der Waals surface area (Å²) < 4.78 is 5.04. The van der Waals surface area contributed by atoms with E-state index in [0.717, 1.165) is 43.4 Å². The van der Waals surface area contributed by atoms with Crippen molar-refractivity contribution in [1.82, 2.24) is 31.1 Å². The van der Waals surface area contributed by atoms with Gasteiger partial charge in [-0.15, -0.1) is 6.58 Å². The van der Waals surface area contributed by atoms with E-state index in [2.05, 4.69) is 41.7 Å². The van der Waals surface area contributed by atoms with Crippen LogP contribution in [0.2, 0.25) is 0 Å². The molecule has 14 heteroatoms. The molecule has 51 heavy (non-hydrogen) atoms. The van der Waals surface area contributed by atoms with Gasteiger partial charge in [-0.25, -0.2) is 4.79 Å². The van der Waals surface area contributed by atoms with Crippen molar-refractivity contribution in [2.24, 2.45) is 28.6 Å². The number of hydrogen-bond acceptors (Lipinski definition) is 8. The second kappa shape index (κ2) is 16.7. The van der Waals surface area contributed by atoms with Crippen LogP contribution in [-0.2, 0) is 33.5 Å². The first kappa shape index (κ1) is 40.0. The first-order chi connectivity index (χ1) is 24.0. The zero-order valence-electron chi connectivity index (χ0n) is 31.2. The molecule has 0 aromatic rings. The number of nitrogens with one attached hydrogen (secondary N) is 4. The number of piperidine rings is 1. The lowest BCUT2D eigenvalue weighted by atomic mass is 9.83. The Balaban J connectivity index is 1.55. The summed E-state index contributed by atoms with van der Waals surface area (Å²) >= 11 is 0. The van der Waals surface area contributed by atoms with Gasteiger partial charge in [-0.3, -0.25) is 33.7 Å². The number of rotatable bonds is 15. The van der Waals surface area contributed by atoms with Gasteiger partial charge < -0.3 is 30.9 Å². The first-order valence-corrected chi connectivity index (χ1v) is 18.5. The van der Waals surface area contributed by atoms with Crippen molar-refractivity contribution in [3.8, 4) is 0 Å². The van der Waals surface area contributed by atoms with Crippen LogP contribution in [0.1, 0.15) is 92.9 Å². The van der Waals surface area contributed by atoms with E-state index in [1.165, 1.54) is 6.08 Å². The molecule has 1 unspecified atom stereocenters. The monoisotopic (exact) mass is 714 g/mol. The van der Waals surface area contributed by atoms with Gasteiger partial charge in [0, 0.05) is 19.6 Å². The number of ketones is 1. The van der Waals surface area contributed by atoms with E-state index < -0.39 is 65.0 Å². The van der Waals surface area contributed by atoms with E-state index >= 15 is 0 Å². The summed E-state index contributed by atoms with van der Waals surface area (Å²) in [5.41, 5.74) is -0.762. The maximum Gasteiger partial charge on any atom is 0.315 e. The predicted octanol–water partition coefficient (Wildman–Crippen LogP) is 2.06. The number of likely N-dealkylation sites (tertiary alicyclic amines) is 1. The summed E-state index contributed by atoms with van der Waals surface area (Å²) in [5, 5.41) is 11.2. The third-order valence-electron chi connectivity index (χ3n) is 11.3. The average molecular weight is 715 g/mol. The lowest BCUT2D eigenvalue weighted by molar-refractivity contribution is -0.159. The summed E-state index contributed by atoms with van der Waals surface area (Å²) in [7, 11) is 0. The Morgan fingerprint density at radius 3 is 2.24 bits per heavy atom. The number of carbonyl (C=O) groups excluding carboxylic acids is 7. The van der Waals surface area contributed by atoms with Crippen LogP contribution in [-0.4, -0.2) is 108 Å². The van der Waals surface area contributed by atoms with Crippen molar-refractivity contribution in [3.05, 3.63) is 12.7 Å². The number of imide groups is 1. The Morgan fingerprint density at radius 1 is 1.00 bits per heavy atom. The van der Waals surface area contributed by atoms with Gasteiger partial charge in [-0.2, -0.15) is 0 Å². The summed E-state index contributed by atoms with van der Waals surface area (Å²) in [5.74, 6) is -3.58. The zero-order valence-corrected chi connectivity index (χ0v) is 31.2. The molecule has 0 aromatic carbocycles. The molecule has 2 saturated heterocycles. The first-order valence-electron chi connectivity index (χ1n) is 18.5. The molecule has 2 saturated carbocycles. The minimum atomic E-state index is -1.04. The van der Waals surface area contributed by atoms with Crippen LogP contribution in [0.5, 0.6) is 0 Å². The minimum absolute atomic E-state index is 0.0453. The molecular formula is C37H58N6O8. The quantitative estimate of drug-likeness (QED) is 0.113. The van der Waals surface area contributed by atoms with Gasteiger partial charge in [0.1, 0.15) is 25.3 Å². The normalized spacial score (nSPS) is 24.9. The van der Waals surface area contributed by atoms with Gasteiger partial charge in [0.05, 0.1) is 12.1 Å². The molecule has 14 nitrogen and oxygen atoms in total. The van der Waals surface area contributed by atoms with Gasteiger partial charge in [-0.1, -0.05) is 79.7 Å². The van der Waals surface area contributed by atoms with Crippen LogP contribution in [0.4, 0.5) is 4.79 Å². The number of fused-ring (bicyclic) bond motifs is 1. The number of morpholine rings is 1. The highest BCUT2D eigenvalue weighted by Crippen LogP contribution is 2.65. The van der Waals surface area contributed by atoms with Gasteiger partial charge in [0.15, 0.2) is 0 Å². The number of urea groups is 1. The number of Topliss-reactive ketones (excluding diaryl/α,β-unsaturated/α-hetero) is 1. The van der Waals surface area contributed by atoms with Crippen LogP contribution in [0.3, 0.4) is 0 Å². The van der Waals surface area contributed by atoms with E-state index in [9.17, 15) is 33.6 Å². The molecule has 6 atom stereocenters. The molecule has 284 valence electrons. The fraction of sp³-hybridized carbons (Fsp3) is 0.757. The predicted molar refractivity (Wildman–Crippen MR) is 189 cm³/mol. The molecule has 4 fully saturated rings. The topological polar surface area (TPSA) is 183 Å². The number of hydrogen-bond donors (Lipinski definition) is 4. The highest BCUT2D eigenvalue weighted by Gasteiger charge is 2.69. The maximum atomic E-state index is 14.6. The number of unbranched alkanes of at least 4 members (excludes halogenated alkanes) is 1. The van der Waals surface area contributed by atoms with Gasteiger partial charge in [-0.05, 0) is 47.8 Å². The Morgan fingerprint density at radius 2 is 1.65 bits per heavy atom. The van der Waals surface area contributed by atoms with Gasteiger partial charge in [0.25, 0.3) is 17.7 Å². The fourth-order valence-electron chi connectivity index (χ4n) is 7.97. The molecule has 0 radical (unpaired) electrons. The van der Waals surface area contributed by atoms with E-state index in [-0.39, 0.29) is 61.8 Å². The Hall–Kier alpha value is -3.81. The number of ether oxygens (including phenoxy) is 1. The highest BCUT2D eigenvalue weighted by atomic mass is 16.5. The fourth-order valence-corrected chi connectivity index (χ4v) is 7.97. The molecule has 2 heterocycles. The zero-order chi connectivity index (χ0) is 37.7. The van der Waals surface area contributed by atoms with Crippen molar-refractivity contribution < 1.29 is 38.3 Å². The number of amides is 7. The lowest BCUT2D eigenvalue weighted by Gasteiger charge is -2.39. The standard InChI is InChI=1S/C37H58N6O8/c1-8-10-16-24(31(46)33(48)38-17-9-2)39-32(47)30-28-23(37(28,6)7)18-43(30)34(49)29(22-14-12-11-13-15-22)41-35(50)40-25(36(3,4)5)19-42-26(44)20-51-21-27(42)45/h9,22-25,28-30H,2,8,10-21H2,1,3-7H3,(H,38,48)(H,39,47)(H2,40,41,50)/t23-,24?,25+,28-,29-,30-/m0/s1. The summed E-state index contributed by atoms with van der Waals surface area (Å²) in [4.78, 5) is 95.9. The van der Waals surface area contributed by atoms with E-state index in [4.69, 9.17) is 4.74 Å². The molecule has 4 aliphatic rings. The van der Waals surface area contributed by atoms with Crippen molar-refractivity contribution in [1.29, 1.82) is 0 Å². The van der Waals surface area contributed by atoms with Crippen molar-refractivity contribution in [2.45, 2.75) is 117 Å². The third-order valence-corrected chi connectivity index (χ3v) is 11.3. The van der Waals surface area contributed by atoms with Crippen LogP contribution < -0.4 is 21.3 Å². The lowest BCUT2D eigenvalue weighted by Crippen LogP contribution is -2.62. The van der Waals surface area contributed by atoms with E-state index in [0.29, 0.717) is 13.0 Å². The summed E-state index contributed by atoms with van der Waals surface area (Å²) in [6.07, 6.45) is 7.41. The van der Waals surface area contributed by atoms with Gasteiger partial charge >= 0.3 is 6.03 Å². The molecule has 7 amide bonds. The molecule has 4 rings (SSSR count). The number of carbonyl (C=O) groups is 7. The van der Waals surface area contributed by atoms with Crippen molar-refractivity contribution >= 4 is 41.4 Å². The third kappa shape index (κ3) is 9.36. The molecule has 0 bridgehead atoms. The molecule has 0 spiro atoms. The van der Waals surface area contributed by atoms with E-state index in [1.54, 1.807) is 4.90 Å². The largest absolute Gasteiger partial charge is 0.362 e. The molecule has 2 aliphatic heterocycles. The Labute approximate surface area is 301 Å². The maximum absolute atomic E-state index is 14.6. The average Bonchev–Trinajstić information content (AvgIpc) is 3.38. The van der Waals surface area contributed by atoms with E-state index in [1.807, 2.05) is 27.7 Å². The van der Waals surface area contributed by atoms with Crippen LogP contribution in [0.15, 0.2) is 12.7 Å². The van der Waals surface area contributed by atoms with Gasteiger partial charge in [0.2, 0.25) is 17.6 Å². The molecule has 4 N–H and O–H groups in total. The second-order valence-corrected chi connectivity index (χ2v) is 16.3. The van der Waals surface area contributed by atoms with Crippen molar-refractivity contribution in [2.75, 3.05) is 32.8 Å². The van der Waals surface area contributed by atoms with Crippen LogP contribution in [0.25, 0.3) is 0 Å². The number of nitrogens with zero attached hydrogens (tertiary/aromatic N) is 2. The smallest absolute Gasteiger partial charge is 0.315 e. The van der Waals surface area contributed by atoms with Crippen LogP contribution in [0, 0.1) is 28.6 Å². The summed E-state index contributed by atoms with van der Waals surface area (Å²) in [6.45, 7) is 15.3. The molecule has 0 aromatic heterocycles. The SMILES string of the molecule is C=CCNC(=O)C(=O)C(CCCC)NC(=O)[C@@H]1[C@@H]2[C@H](CN1C(=O)[C@@H](NC(=O)N[C@H](CN1C(=O)COCC1=O)C(C)(C)C)C1CCCCC1)C2(C)C.